The van der Waals surface area contributed by atoms with Crippen LogP contribution < -0.4 is 31.8 Å². The second-order valence-corrected chi connectivity index (χ2v) is 18.5. The maximum absolute atomic E-state index is 2.56. The lowest BCUT2D eigenvalue weighted by Gasteiger charge is -2.32. The van der Waals surface area contributed by atoms with Gasteiger partial charge in [0.2, 0.25) is 0 Å². The molecule has 52 heavy (non-hydrogen) atoms. The summed E-state index contributed by atoms with van der Waals surface area (Å²) in [5, 5.41) is 12.1. The first-order valence-corrected chi connectivity index (χ1v) is 22.8. The van der Waals surface area contributed by atoms with E-state index in [-0.39, 0.29) is 0 Å². The highest BCUT2D eigenvalue weighted by atomic mass is 31.1. The second kappa shape index (κ2) is 19.5. The first-order valence-electron chi connectivity index (χ1n) is 20.1. The Bertz CT molecular complexity index is 1920. The molecule has 0 heterocycles. The van der Waals surface area contributed by atoms with Crippen LogP contribution in [0.5, 0.6) is 0 Å². The van der Waals surface area contributed by atoms with Crippen molar-refractivity contribution in [2.45, 2.75) is 105 Å². The molecule has 0 nitrogen and oxygen atoms in total. The van der Waals surface area contributed by atoms with E-state index >= 15 is 0 Å². The summed E-state index contributed by atoms with van der Waals surface area (Å²) < 4.78 is 0. The molecule has 0 amide bonds. The summed E-state index contributed by atoms with van der Waals surface area (Å²) in [6.45, 7) is 9.30. The maximum Gasteiger partial charge on any atom is 0.00112 e. The van der Waals surface area contributed by atoms with Crippen LogP contribution >= 0.6 is 15.8 Å². The smallest absolute Gasteiger partial charge is 0.00112 e. The molecule has 0 atom stereocenters. The van der Waals surface area contributed by atoms with Crippen molar-refractivity contribution >= 4 is 58.4 Å². The minimum absolute atomic E-state index is 0.853. The zero-order chi connectivity index (χ0) is 36.1. The predicted molar refractivity (Wildman–Crippen MR) is 236 cm³/mol. The summed E-state index contributed by atoms with van der Waals surface area (Å²) in [5.74, 6) is 0. The van der Waals surface area contributed by atoms with Crippen molar-refractivity contribution in [3.05, 3.63) is 156 Å². The first-order chi connectivity index (χ1) is 25.7. The molecule has 0 saturated carbocycles. The highest BCUT2D eigenvalue weighted by Gasteiger charge is 2.31. The van der Waals surface area contributed by atoms with Crippen LogP contribution in [0, 0.1) is 0 Å². The summed E-state index contributed by atoms with van der Waals surface area (Å²) in [7, 11) is -1.73. The molecule has 0 aliphatic heterocycles. The molecule has 0 aliphatic carbocycles. The second-order valence-electron chi connectivity index (χ2n) is 14.3. The zero-order valence-corrected chi connectivity index (χ0v) is 33.9. The SMILES string of the molecule is CCCCc1ccccc1P(c1ccccc1CCCC)c1ccc2ccccc2c1P(c1ccccc1CCCC)c1ccccc1CCCC. The zero-order valence-electron chi connectivity index (χ0n) is 32.1. The minimum atomic E-state index is -0.879. The largest absolute Gasteiger partial charge is 0.0654 e. The third-order valence-corrected chi connectivity index (χ3v) is 16.1. The Hall–Kier alpha value is -3.56. The molecule has 0 fully saturated rings. The molecule has 2 heteroatoms. The van der Waals surface area contributed by atoms with Crippen molar-refractivity contribution in [2.24, 2.45) is 0 Å². The van der Waals surface area contributed by atoms with Gasteiger partial charge >= 0.3 is 0 Å². The number of hydrogen-bond acceptors (Lipinski definition) is 0. The molecule has 0 N–H and O–H groups in total. The lowest BCUT2D eigenvalue weighted by Crippen LogP contribution is -2.37. The summed E-state index contributed by atoms with van der Waals surface area (Å²) in [5.41, 5.74) is 6.10. The molecule has 6 aromatic rings. The molecule has 0 aliphatic rings. The van der Waals surface area contributed by atoms with E-state index in [1.807, 2.05) is 0 Å². The quantitative estimate of drug-likeness (QED) is 0.0776. The molecule has 0 aromatic heterocycles. The average Bonchev–Trinajstić information content (AvgIpc) is 3.20. The Labute approximate surface area is 317 Å². The highest BCUT2D eigenvalue weighted by Crippen LogP contribution is 2.44. The number of rotatable bonds is 18. The Morgan fingerprint density at radius 1 is 0.327 bits per heavy atom. The van der Waals surface area contributed by atoms with E-state index in [9.17, 15) is 0 Å². The van der Waals surface area contributed by atoms with E-state index in [0.717, 1.165) is 25.7 Å². The van der Waals surface area contributed by atoms with Gasteiger partial charge in [0, 0.05) is 5.30 Å². The molecule has 6 rings (SSSR count). The fourth-order valence-corrected chi connectivity index (χ4v) is 13.9. The fraction of sp³-hybridized carbons (Fsp3) is 0.320. The van der Waals surface area contributed by atoms with Gasteiger partial charge in [0.05, 0.1) is 0 Å². The van der Waals surface area contributed by atoms with Crippen LogP contribution in [0.3, 0.4) is 0 Å². The number of benzene rings is 6. The van der Waals surface area contributed by atoms with Crippen LogP contribution in [0.4, 0.5) is 0 Å². The van der Waals surface area contributed by atoms with E-state index in [1.165, 1.54) is 84.4 Å². The van der Waals surface area contributed by atoms with Crippen molar-refractivity contribution in [3.8, 4) is 0 Å². The van der Waals surface area contributed by atoms with Gasteiger partial charge in [0.15, 0.2) is 0 Å². The van der Waals surface area contributed by atoms with Crippen LogP contribution in [-0.4, -0.2) is 0 Å². The van der Waals surface area contributed by atoms with Crippen LogP contribution in [0.2, 0.25) is 0 Å². The third kappa shape index (κ3) is 8.79. The normalized spacial score (nSPS) is 11.6. The Morgan fingerprint density at radius 2 is 0.673 bits per heavy atom. The number of hydrogen-bond donors (Lipinski definition) is 0. The van der Waals surface area contributed by atoms with E-state index < -0.39 is 15.8 Å². The topological polar surface area (TPSA) is 0 Å². The lowest BCUT2D eigenvalue weighted by atomic mass is 10.1. The van der Waals surface area contributed by atoms with E-state index in [4.69, 9.17) is 0 Å². The first kappa shape index (κ1) is 38.2. The molecule has 0 bridgehead atoms. The third-order valence-electron chi connectivity index (χ3n) is 10.5. The monoisotopic (exact) mass is 720 g/mol. The molecule has 0 unspecified atom stereocenters. The van der Waals surface area contributed by atoms with Crippen LogP contribution in [-0.2, 0) is 25.7 Å². The minimum Gasteiger partial charge on any atom is -0.0654 e. The summed E-state index contributed by atoms with van der Waals surface area (Å²) >= 11 is 0. The average molecular weight is 721 g/mol. The molecular weight excluding hydrogens is 662 g/mol. The van der Waals surface area contributed by atoms with Gasteiger partial charge in [-0.05, 0) is 127 Å². The fourth-order valence-electron chi connectivity index (χ4n) is 7.65. The Morgan fingerprint density at radius 3 is 1.08 bits per heavy atom. The van der Waals surface area contributed by atoms with Gasteiger partial charge in [-0.15, -0.1) is 0 Å². The van der Waals surface area contributed by atoms with Crippen LogP contribution in [0.25, 0.3) is 10.8 Å². The van der Waals surface area contributed by atoms with Gasteiger partial charge in [-0.25, -0.2) is 0 Å². The summed E-state index contributed by atoms with van der Waals surface area (Å²) in [6.07, 6.45) is 14.2. The Kier molecular flexibility index (Phi) is 14.3. The molecule has 0 saturated heterocycles. The molecule has 0 spiro atoms. The molecule has 268 valence electrons. The van der Waals surface area contributed by atoms with Crippen molar-refractivity contribution in [2.75, 3.05) is 0 Å². The van der Waals surface area contributed by atoms with Crippen molar-refractivity contribution in [1.29, 1.82) is 0 Å². The van der Waals surface area contributed by atoms with Gasteiger partial charge < -0.3 is 0 Å². The lowest BCUT2D eigenvalue weighted by molar-refractivity contribution is 0.797. The number of aryl methyl sites for hydroxylation is 4. The van der Waals surface area contributed by atoms with Gasteiger partial charge in [-0.3, -0.25) is 0 Å². The number of unbranched alkanes of at least 4 members (excludes halogenated alkanes) is 4. The van der Waals surface area contributed by atoms with Crippen molar-refractivity contribution in [1.82, 2.24) is 0 Å². The standard InChI is InChI=1S/C50H58P2/c1-5-9-23-40-28-14-19-33-45(40)51(46-34-20-15-29-41(46)24-10-6-2)49-38-37-39-27-13-18-32-44(39)50(49)52(47-35-21-16-30-42(47)25-11-7-3)48-36-22-17-31-43(48)26-12-8-4/h13-22,27-38H,5-12,23-26H2,1-4H3. The van der Waals surface area contributed by atoms with Crippen LogP contribution in [0.15, 0.2) is 133 Å². The van der Waals surface area contributed by atoms with E-state index in [1.54, 1.807) is 31.8 Å². The molecule has 0 radical (unpaired) electrons. The predicted octanol–water partition coefficient (Wildman–Crippen LogP) is 11.7. The van der Waals surface area contributed by atoms with Crippen LogP contribution in [0.1, 0.15) is 101 Å². The van der Waals surface area contributed by atoms with E-state index in [2.05, 4.69) is 161 Å². The van der Waals surface area contributed by atoms with Gasteiger partial charge in [-0.1, -0.05) is 187 Å². The van der Waals surface area contributed by atoms with Gasteiger partial charge in [0.25, 0.3) is 0 Å². The van der Waals surface area contributed by atoms with Gasteiger partial charge in [0.1, 0.15) is 0 Å². The van der Waals surface area contributed by atoms with E-state index in [0.29, 0.717) is 0 Å². The Balaban J connectivity index is 1.74. The summed E-state index contributed by atoms with van der Waals surface area (Å²) in [4.78, 5) is 0. The highest BCUT2D eigenvalue weighted by molar-refractivity contribution is 7.86. The maximum atomic E-state index is 2.56. The molecular formula is C50H58P2. The van der Waals surface area contributed by atoms with Gasteiger partial charge in [-0.2, -0.15) is 0 Å². The van der Waals surface area contributed by atoms with Crippen molar-refractivity contribution in [3.63, 3.8) is 0 Å². The molecule has 6 aromatic carbocycles. The van der Waals surface area contributed by atoms with Crippen molar-refractivity contribution < 1.29 is 0 Å². The summed E-state index contributed by atoms with van der Waals surface area (Å²) in [6, 6.07) is 52.3. The number of fused-ring (bicyclic) bond motifs is 1.